The molecule has 100 valence electrons. The number of nitrogens with one attached hydrogen (secondary N) is 1. The minimum atomic E-state index is 0.965. The van der Waals surface area contributed by atoms with Crippen LogP contribution in [-0.4, -0.2) is 9.55 Å². The summed E-state index contributed by atoms with van der Waals surface area (Å²) in [4.78, 5) is 4.81. The van der Waals surface area contributed by atoms with Crippen LogP contribution in [0.15, 0.2) is 36.4 Å². The summed E-state index contributed by atoms with van der Waals surface area (Å²) < 4.78 is 2.18. The number of rotatable bonds is 1. The van der Waals surface area contributed by atoms with Crippen LogP contribution in [0.2, 0.25) is 0 Å². The molecule has 0 amide bonds. The van der Waals surface area contributed by atoms with Crippen LogP contribution in [0, 0.1) is 6.92 Å². The van der Waals surface area contributed by atoms with Crippen LogP contribution in [0.3, 0.4) is 0 Å². The zero-order valence-electron chi connectivity index (χ0n) is 11.8. The molecule has 0 atom stereocenters. The highest BCUT2D eigenvalue weighted by Gasteiger charge is 2.14. The van der Waals surface area contributed by atoms with E-state index in [0.29, 0.717) is 0 Å². The topological polar surface area (TPSA) is 29.9 Å². The van der Waals surface area contributed by atoms with Crippen molar-refractivity contribution < 1.29 is 0 Å². The maximum Gasteiger partial charge on any atom is 0.140 e. The molecule has 1 aliphatic rings. The molecule has 0 bridgehead atoms. The third-order valence-corrected chi connectivity index (χ3v) is 4.13. The number of aromatic nitrogens is 2. The Morgan fingerprint density at radius 3 is 2.80 bits per heavy atom. The fraction of sp³-hybridized carbons (Fsp3) is 0.235. The van der Waals surface area contributed by atoms with Gasteiger partial charge in [0.2, 0.25) is 0 Å². The standard InChI is InChI=1S/C17H17N3/c1-11-3-6-16-15(7-11)19-17(20(16)2)12-4-5-13-9-18-10-14(13)8-12/h3-8,18H,9-10H2,1-2H3. The summed E-state index contributed by atoms with van der Waals surface area (Å²) in [6.07, 6.45) is 0. The molecule has 0 aliphatic carbocycles. The van der Waals surface area contributed by atoms with Crippen LogP contribution in [0.5, 0.6) is 0 Å². The van der Waals surface area contributed by atoms with Crippen molar-refractivity contribution in [3.05, 3.63) is 53.1 Å². The van der Waals surface area contributed by atoms with Gasteiger partial charge in [0, 0.05) is 25.7 Å². The van der Waals surface area contributed by atoms with Gasteiger partial charge in [-0.25, -0.2) is 4.98 Å². The minimum absolute atomic E-state index is 0.965. The van der Waals surface area contributed by atoms with Gasteiger partial charge < -0.3 is 9.88 Å². The van der Waals surface area contributed by atoms with Crippen molar-refractivity contribution in [2.24, 2.45) is 7.05 Å². The van der Waals surface area contributed by atoms with Crippen molar-refractivity contribution >= 4 is 11.0 Å². The largest absolute Gasteiger partial charge is 0.327 e. The average Bonchev–Trinajstić information content (AvgIpc) is 3.02. The minimum Gasteiger partial charge on any atom is -0.327 e. The molecule has 4 rings (SSSR count). The monoisotopic (exact) mass is 263 g/mol. The lowest BCUT2D eigenvalue weighted by Gasteiger charge is -2.05. The first-order valence-corrected chi connectivity index (χ1v) is 6.98. The lowest BCUT2D eigenvalue weighted by Crippen LogP contribution is -1.99. The number of aryl methyl sites for hydroxylation is 2. The number of hydrogen-bond donors (Lipinski definition) is 1. The third-order valence-electron chi connectivity index (χ3n) is 4.13. The maximum atomic E-state index is 4.81. The molecular weight excluding hydrogens is 246 g/mol. The van der Waals surface area contributed by atoms with Crippen molar-refractivity contribution in [2.45, 2.75) is 20.0 Å². The molecule has 3 nitrogen and oxygen atoms in total. The van der Waals surface area contributed by atoms with Gasteiger partial charge in [-0.15, -0.1) is 0 Å². The molecule has 3 aromatic rings. The molecule has 2 heterocycles. The smallest absolute Gasteiger partial charge is 0.140 e. The molecule has 1 aliphatic heterocycles. The van der Waals surface area contributed by atoms with Gasteiger partial charge in [-0.3, -0.25) is 0 Å². The molecule has 1 aromatic heterocycles. The molecule has 0 saturated heterocycles. The Labute approximate surface area is 118 Å². The summed E-state index contributed by atoms with van der Waals surface area (Å²) in [7, 11) is 2.09. The fourth-order valence-electron chi connectivity index (χ4n) is 3.00. The first-order valence-electron chi connectivity index (χ1n) is 6.98. The number of hydrogen-bond acceptors (Lipinski definition) is 2. The number of fused-ring (bicyclic) bond motifs is 2. The van der Waals surface area contributed by atoms with Crippen molar-refractivity contribution in [3.8, 4) is 11.4 Å². The fourth-order valence-corrected chi connectivity index (χ4v) is 3.00. The van der Waals surface area contributed by atoms with Crippen LogP contribution in [0.4, 0.5) is 0 Å². The summed E-state index contributed by atoms with van der Waals surface area (Å²) in [5, 5.41) is 3.39. The van der Waals surface area contributed by atoms with E-state index in [-0.39, 0.29) is 0 Å². The molecular formula is C17H17N3. The molecule has 2 aromatic carbocycles. The summed E-state index contributed by atoms with van der Waals surface area (Å²) in [6.45, 7) is 4.05. The van der Waals surface area contributed by atoms with Gasteiger partial charge in [-0.2, -0.15) is 0 Å². The molecule has 0 fully saturated rings. The van der Waals surface area contributed by atoms with Crippen LogP contribution in [0.1, 0.15) is 16.7 Å². The highest BCUT2D eigenvalue weighted by molar-refractivity contribution is 5.81. The quantitative estimate of drug-likeness (QED) is 0.731. The number of benzene rings is 2. The van der Waals surface area contributed by atoms with E-state index in [1.54, 1.807) is 0 Å². The van der Waals surface area contributed by atoms with E-state index in [0.717, 1.165) is 24.4 Å². The molecule has 20 heavy (non-hydrogen) atoms. The molecule has 0 unspecified atom stereocenters. The van der Waals surface area contributed by atoms with E-state index in [1.807, 2.05) is 0 Å². The summed E-state index contributed by atoms with van der Waals surface area (Å²) in [5.41, 5.74) is 7.50. The predicted molar refractivity (Wildman–Crippen MR) is 81.4 cm³/mol. The lowest BCUT2D eigenvalue weighted by atomic mass is 10.1. The first-order chi connectivity index (χ1) is 9.72. The Hall–Kier alpha value is -2.13. The van der Waals surface area contributed by atoms with Crippen molar-refractivity contribution in [1.29, 1.82) is 0 Å². The van der Waals surface area contributed by atoms with Crippen LogP contribution >= 0.6 is 0 Å². The van der Waals surface area contributed by atoms with Gasteiger partial charge in [0.15, 0.2) is 0 Å². The van der Waals surface area contributed by atoms with Gasteiger partial charge in [0.05, 0.1) is 11.0 Å². The van der Waals surface area contributed by atoms with Gasteiger partial charge in [0.25, 0.3) is 0 Å². The van der Waals surface area contributed by atoms with E-state index in [4.69, 9.17) is 4.98 Å². The summed E-state index contributed by atoms with van der Waals surface area (Å²) in [5.74, 6) is 1.04. The van der Waals surface area contributed by atoms with Crippen LogP contribution in [-0.2, 0) is 20.1 Å². The molecule has 0 saturated carbocycles. The van der Waals surface area contributed by atoms with E-state index in [9.17, 15) is 0 Å². The Balaban J connectivity index is 1.91. The van der Waals surface area contributed by atoms with Gasteiger partial charge in [-0.1, -0.05) is 18.2 Å². The molecule has 0 spiro atoms. The number of nitrogens with zero attached hydrogens (tertiary/aromatic N) is 2. The second kappa shape index (κ2) is 4.18. The van der Waals surface area contributed by atoms with Gasteiger partial charge in [-0.05, 0) is 41.8 Å². The van der Waals surface area contributed by atoms with Crippen LogP contribution in [0.25, 0.3) is 22.4 Å². The lowest BCUT2D eigenvalue weighted by molar-refractivity contribution is 0.765. The van der Waals surface area contributed by atoms with Gasteiger partial charge in [0.1, 0.15) is 5.82 Å². The predicted octanol–water partition coefficient (Wildman–Crippen LogP) is 3.15. The number of imidazole rings is 1. The van der Waals surface area contributed by atoms with Crippen molar-refractivity contribution in [1.82, 2.24) is 14.9 Å². The second-order valence-corrected chi connectivity index (χ2v) is 5.57. The Morgan fingerprint density at radius 2 is 1.90 bits per heavy atom. The van der Waals surface area contributed by atoms with E-state index in [1.165, 1.54) is 27.8 Å². The highest BCUT2D eigenvalue weighted by Crippen LogP contribution is 2.27. The molecule has 0 radical (unpaired) electrons. The van der Waals surface area contributed by atoms with E-state index in [2.05, 4.69) is 60.3 Å². The average molecular weight is 263 g/mol. The second-order valence-electron chi connectivity index (χ2n) is 5.57. The zero-order valence-corrected chi connectivity index (χ0v) is 11.8. The van der Waals surface area contributed by atoms with E-state index < -0.39 is 0 Å². The Bertz CT molecular complexity index is 814. The van der Waals surface area contributed by atoms with Crippen molar-refractivity contribution in [2.75, 3.05) is 0 Å². The first kappa shape index (κ1) is 11.7. The molecule has 3 heteroatoms. The Morgan fingerprint density at radius 1 is 1.05 bits per heavy atom. The van der Waals surface area contributed by atoms with Crippen LogP contribution < -0.4 is 5.32 Å². The summed E-state index contributed by atoms with van der Waals surface area (Å²) in [6, 6.07) is 13.1. The Kier molecular flexibility index (Phi) is 2.44. The van der Waals surface area contributed by atoms with E-state index >= 15 is 0 Å². The van der Waals surface area contributed by atoms with Crippen molar-refractivity contribution in [3.63, 3.8) is 0 Å². The molecule has 1 N–H and O–H groups in total. The zero-order chi connectivity index (χ0) is 13.7. The SMILES string of the molecule is Cc1ccc2c(c1)nc(-c1ccc3c(c1)CNC3)n2C. The summed E-state index contributed by atoms with van der Waals surface area (Å²) >= 11 is 0. The highest BCUT2D eigenvalue weighted by atomic mass is 15.1. The maximum absolute atomic E-state index is 4.81. The normalized spacial score (nSPS) is 13.9. The third kappa shape index (κ3) is 1.67. The van der Waals surface area contributed by atoms with Gasteiger partial charge >= 0.3 is 0 Å².